The number of ether oxygens (including phenoxy) is 1. The molecule has 3 heterocycles. The Morgan fingerprint density at radius 2 is 2.44 bits per heavy atom. The van der Waals surface area contributed by atoms with Crippen LogP contribution in [0.1, 0.15) is 30.2 Å². The van der Waals surface area contributed by atoms with E-state index < -0.39 is 0 Å². The number of carbonyl (C=O) groups excluding carboxylic acids is 1. The van der Waals surface area contributed by atoms with Crippen LogP contribution in [0.4, 0.5) is 0 Å². The summed E-state index contributed by atoms with van der Waals surface area (Å²) in [5.41, 5.74) is 0. The zero-order chi connectivity index (χ0) is 12.4. The quantitative estimate of drug-likeness (QED) is 0.821. The Morgan fingerprint density at radius 3 is 3.17 bits per heavy atom. The molecule has 5 heteroatoms. The molecule has 2 unspecified atom stereocenters. The molecule has 2 saturated heterocycles. The van der Waals surface area contributed by atoms with Gasteiger partial charge in [0.1, 0.15) is 0 Å². The van der Waals surface area contributed by atoms with Gasteiger partial charge in [-0.25, -0.2) is 4.98 Å². The summed E-state index contributed by atoms with van der Waals surface area (Å²) in [6.45, 7) is 3.08. The van der Waals surface area contributed by atoms with Gasteiger partial charge >= 0.3 is 0 Å². The van der Waals surface area contributed by atoms with Crippen molar-refractivity contribution in [3.05, 3.63) is 16.6 Å². The van der Waals surface area contributed by atoms with E-state index in [0.29, 0.717) is 12.5 Å². The predicted molar refractivity (Wildman–Crippen MR) is 69.6 cm³/mol. The van der Waals surface area contributed by atoms with Crippen molar-refractivity contribution in [1.82, 2.24) is 9.88 Å². The Balaban J connectivity index is 1.64. The van der Waals surface area contributed by atoms with Crippen LogP contribution in [0.25, 0.3) is 0 Å². The lowest BCUT2D eigenvalue weighted by molar-refractivity contribution is -0.136. The Kier molecular flexibility index (Phi) is 3.61. The highest BCUT2D eigenvalue weighted by Gasteiger charge is 2.32. The molecule has 0 saturated carbocycles. The van der Waals surface area contributed by atoms with Crippen molar-refractivity contribution in [2.75, 3.05) is 26.3 Å². The normalized spacial score (nSPS) is 28.6. The van der Waals surface area contributed by atoms with Crippen molar-refractivity contribution in [3.8, 4) is 0 Å². The summed E-state index contributed by atoms with van der Waals surface area (Å²) in [5.74, 6) is 0.818. The summed E-state index contributed by atoms with van der Waals surface area (Å²) in [6.07, 6.45) is 4.98. The zero-order valence-corrected chi connectivity index (χ0v) is 11.2. The average molecular weight is 266 g/mol. The number of amides is 1. The Morgan fingerprint density at radius 1 is 1.50 bits per heavy atom. The molecule has 1 aromatic rings. The fraction of sp³-hybridized carbons (Fsp3) is 0.692. The molecule has 18 heavy (non-hydrogen) atoms. The van der Waals surface area contributed by atoms with Gasteiger partial charge in [-0.3, -0.25) is 4.79 Å². The van der Waals surface area contributed by atoms with Gasteiger partial charge in [0.25, 0.3) is 0 Å². The molecule has 0 bridgehead atoms. The lowest BCUT2D eigenvalue weighted by atomic mass is 9.97. The summed E-state index contributed by atoms with van der Waals surface area (Å²) in [5, 5.41) is 3.19. The summed E-state index contributed by atoms with van der Waals surface area (Å²) in [6, 6.07) is 0. The Bertz CT molecular complexity index is 401. The maximum Gasteiger partial charge on any atom is 0.228 e. The van der Waals surface area contributed by atoms with Crippen LogP contribution in [0.5, 0.6) is 0 Å². The lowest BCUT2D eigenvalue weighted by Gasteiger charge is -2.33. The van der Waals surface area contributed by atoms with Crippen LogP contribution in [-0.4, -0.2) is 42.1 Å². The van der Waals surface area contributed by atoms with Crippen LogP contribution in [0, 0.1) is 5.92 Å². The number of nitrogens with zero attached hydrogens (tertiary/aromatic N) is 2. The van der Waals surface area contributed by atoms with E-state index in [4.69, 9.17) is 4.74 Å². The van der Waals surface area contributed by atoms with Crippen molar-refractivity contribution in [1.29, 1.82) is 0 Å². The van der Waals surface area contributed by atoms with Gasteiger partial charge in [-0.2, -0.15) is 0 Å². The molecule has 1 aromatic heterocycles. The first-order chi connectivity index (χ1) is 8.84. The number of rotatable bonds is 2. The second kappa shape index (κ2) is 5.36. The minimum Gasteiger partial charge on any atom is -0.381 e. The third kappa shape index (κ3) is 2.42. The van der Waals surface area contributed by atoms with Gasteiger partial charge in [0, 0.05) is 37.2 Å². The molecule has 4 nitrogen and oxygen atoms in total. The van der Waals surface area contributed by atoms with Gasteiger partial charge in [-0.1, -0.05) is 0 Å². The molecule has 98 valence electrons. The molecule has 2 aliphatic rings. The van der Waals surface area contributed by atoms with E-state index >= 15 is 0 Å². The van der Waals surface area contributed by atoms with Crippen molar-refractivity contribution < 1.29 is 9.53 Å². The fourth-order valence-electron chi connectivity index (χ4n) is 2.80. The monoisotopic (exact) mass is 266 g/mol. The van der Waals surface area contributed by atoms with Crippen LogP contribution < -0.4 is 0 Å². The maximum absolute atomic E-state index is 12.3. The highest BCUT2D eigenvalue weighted by molar-refractivity contribution is 7.09. The van der Waals surface area contributed by atoms with Gasteiger partial charge in [0.2, 0.25) is 5.91 Å². The highest BCUT2D eigenvalue weighted by atomic mass is 32.1. The number of thiazole rings is 1. The Labute approximate surface area is 111 Å². The molecule has 0 spiro atoms. The number of hydrogen-bond donors (Lipinski definition) is 0. The summed E-state index contributed by atoms with van der Waals surface area (Å²) >= 11 is 1.70. The second-order valence-corrected chi connectivity index (χ2v) is 5.98. The van der Waals surface area contributed by atoms with Crippen LogP contribution >= 0.6 is 11.3 Å². The van der Waals surface area contributed by atoms with Crippen LogP contribution in [-0.2, 0) is 9.53 Å². The van der Waals surface area contributed by atoms with Crippen molar-refractivity contribution >= 4 is 17.2 Å². The molecule has 2 aliphatic heterocycles. The molecular formula is C13H18N2O2S. The van der Waals surface area contributed by atoms with E-state index in [1.807, 2.05) is 16.5 Å². The van der Waals surface area contributed by atoms with Crippen LogP contribution in [0.15, 0.2) is 11.6 Å². The number of piperidine rings is 1. The first-order valence-electron chi connectivity index (χ1n) is 6.60. The van der Waals surface area contributed by atoms with E-state index in [9.17, 15) is 4.79 Å². The largest absolute Gasteiger partial charge is 0.381 e. The third-order valence-electron chi connectivity index (χ3n) is 3.81. The molecule has 1 amide bonds. The van der Waals surface area contributed by atoms with E-state index in [1.165, 1.54) is 5.01 Å². The standard InChI is InChI=1S/C13H18N2O2S/c16-13(11-3-6-17-9-11)15-5-1-2-10(8-15)12-14-4-7-18-12/h4,7,10-11H,1-3,5-6,8-9H2. The first-order valence-corrected chi connectivity index (χ1v) is 7.48. The third-order valence-corrected chi connectivity index (χ3v) is 4.75. The molecular weight excluding hydrogens is 248 g/mol. The molecule has 0 aliphatic carbocycles. The Hall–Kier alpha value is -0.940. The maximum atomic E-state index is 12.3. The SMILES string of the molecule is O=C(C1CCOC1)N1CCCC(c2nccs2)C1. The highest BCUT2D eigenvalue weighted by Crippen LogP contribution is 2.29. The molecule has 0 N–H and O–H groups in total. The van der Waals surface area contributed by atoms with Gasteiger partial charge in [0.15, 0.2) is 0 Å². The second-order valence-electron chi connectivity index (χ2n) is 5.05. The molecule has 2 fully saturated rings. The van der Waals surface area contributed by atoms with Gasteiger partial charge in [-0.15, -0.1) is 11.3 Å². The fourth-order valence-corrected chi connectivity index (χ4v) is 3.57. The van der Waals surface area contributed by atoms with Crippen molar-refractivity contribution in [3.63, 3.8) is 0 Å². The first kappa shape index (κ1) is 12.1. The van der Waals surface area contributed by atoms with E-state index in [-0.39, 0.29) is 11.8 Å². The predicted octanol–water partition coefficient (Wildman–Crippen LogP) is 1.89. The number of carbonyl (C=O) groups is 1. The van der Waals surface area contributed by atoms with Gasteiger partial charge < -0.3 is 9.64 Å². The zero-order valence-electron chi connectivity index (χ0n) is 10.4. The van der Waals surface area contributed by atoms with E-state index in [0.717, 1.165) is 39.0 Å². The van der Waals surface area contributed by atoms with Gasteiger partial charge in [-0.05, 0) is 19.3 Å². The molecule has 0 radical (unpaired) electrons. The summed E-state index contributed by atoms with van der Waals surface area (Å²) in [7, 11) is 0. The minimum atomic E-state index is 0.0973. The topological polar surface area (TPSA) is 42.4 Å². The lowest BCUT2D eigenvalue weighted by Crippen LogP contribution is -2.42. The van der Waals surface area contributed by atoms with E-state index in [2.05, 4.69) is 4.98 Å². The smallest absolute Gasteiger partial charge is 0.228 e. The molecule has 3 rings (SSSR count). The number of hydrogen-bond acceptors (Lipinski definition) is 4. The van der Waals surface area contributed by atoms with Crippen molar-refractivity contribution in [2.24, 2.45) is 5.92 Å². The number of aromatic nitrogens is 1. The molecule has 0 aromatic carbocycles. The van der Waals surface area contributed by atoms with Crippen LogP contribution in [0.2, 0.25) is 0 Å². The molecule has 2 atom stereocenters. The van der Waals surface area contributed by atoms with Gasteiger partial charge in [0.05, 0.1) is 17.5 Å². The summed E-state index contributed by atoms with van der Waals surface area (Å²) in [4.78, 5) is 18.8. The minimum absolute atomic E-state index is 0.0973. The van der Waals surface area contributed by atoms with Crippen LogP contribution in [0.3, 0.4) is 0 Å². The average Bonchev–Trinajstić information content (AvgIpc) is 3.11. The summed E-state index contributed by atoms with van der Waals surface area (Å²) < 4.78 is 5.31. The number of likely N-dealkylation sites (tertiary alicyclic amines) is 1. The van der Waals surface area contributed by atoms with Crippen molar-refractivity contribution in [2.45, 2.75) is 25.2 Å². The van der Waals surface area contributed by atoms with E-state index in [1.54, 1.807) is 11.3 Å².